The van der Waals surface area contributed by atoms with Gasteiger partial charge >= 0.3 is 18.0 Å². The quantitative estimate of drug-likeness (QED) is 0.165. The van der Waals surface area contributed by atoms with Crippen molar-refractivity contribution in [2.45, 2.75) is 98.2 Å². The van der Waals surface area contributed by atoms with Crippen LogP contribution in [-0.2, 0) is 31.3 Å². The zero-order valence-electron chi connectivity index (χ0n) is 32.3. The summed E-state index contributed by atoms with van der Waals surface area (Å²) < 4.78 is 30.7. The molecule has 276 valence electrons. The van der Waals surface area contributed by atoms with Crippen molar-refractivity contribution in [2.75, 3.05) is 71.7 Å². The highest BCUT2D eigenvalue weighted by Gasteiger charge is 2.32. The predicted octanol–water partition coefficient (Wildman–Crippen LogP) is 5.91. The molecule has 1 aliphatic heterocycles. The first-order valence-corrected chi connectivity index (χ1v) is 35.2. The molecule has 1 fully saturated rings. The van der Waals surface area contributed by atoms with Gasteiger partial charge in [-0.3, -0.25) is 24.3 Å². The van der Waals surface area contributed by atoms with Crippen LogP contribution in [0.2, 0.25) is 98.2 Å². The Balaban J connectivity index is 3.40. The van der Waals surface area contributed by atoms with Crippen LogP contribution in [0.5, 0.6) is 0 Å². The molecule has 0 unspecified atom stereocenters. The zero-order valence-corrected chi connectivity index (χ0v) is 38.2. The summed E-state index contributed by atoms with van der Waals surface area (Å²) >= 11 is 0. The van der Waals surface area contributed by atoms with Gasteiger partial charge in [0.2, 0.25) is 25.0 Å². The number of carbonyl (C=O) groups is 3. The first-order valence-electron chi connectivity index (χ1n) is 16.8. The van der Waals surface area contributed by atoms with Crippen molar-refractivity contribution in [3.8, 4) is 0 Å². The number of carbonyl (C=O) groups excluding carboxylic acids is 3. The Morgan fingerprint density at radius 1 is 0.468 bits per heavy atom. The Hall–Kier alpha value is -0.476. The molecule has 0 aromatic rings. The first-order chi connectivity index (χ1) is 21.1. The van der Waals surface area contributed by atoms with Gasteiger partial charge < -0.3 is 26.6 Å². The Labute approximate surface area is 292 Å². The van der Waals surface area contributed by atoms with E-state index in [-0.39, 0.29) is 31.1 Å². The molecule has 1 aliphatic rings. The fourth-order valence-corrected chi connectivity index (χ4v) is 13.1. The molecule has 0 spiro atoms. The molecule has 0 atom stereocenters. The highest BCUT2D eigenvalue weighted by molar-refractivity contribution is 7.50. The molecule has 0 aliphatic carbocycles. The van der Waals surface area contributed by atoms with Gasteiger partial charge in [-0.15, -0.1) is 0 Å². The van der Waals surface area contributed by atoms with E-state index in [1.807, 2.05) is 58.9 Å². The number of amides is 1. The Morgan fingerprint density at radius 2 is 0.787 bits per heavy atom. The highest BCUT2D eigenvalue weighted by atomic mass is 31.2. The molecule has 0 aromatic heterocycles. The molecule has 1 heterocycles. The van der Waals surface area contributed by atoms with E-state index >= 15 is 0 Å². The van der Waals surface area contributed by atoms with Crippen molar-refractivity contribution in [3.05, 3.63) is 0 Å². The molecule has 1 rings (SSSR count). The summed E-state index contributed by atoms with van der Waals surface area (Å²) in [6.07, 6.45) is 0.286. The van der Waals surface area contributed by atoms with Crippen LogP contribution in [0.4, 0.5) is 4.79 Å². The molecule has 47 heavy (non-hydrogen) atoms. The summed E-state index contributed by atoms with van der Waals surface area (Å²) in [5, 5.41) is 0. The maximum absolute atomic E-state index is 13.4. The average molecular weight is 771 g/mol. The Bertz CT molecular complexity index is 951. The average Bonchev–Trinajstić information content (AvgIpc) is 2.78. The summed E-state index contributed by atoms with van der Waals surface area (Å²) in [6.45, 7) is 35.6. The molecule has 18 heteroatoms. The Kier molecular flexibility index (Phi) is 17.7. The lowest BCUT2D eigenvalue weighted by Crippen LogP contribution is -2.50. The van der Waals surface area contributed by atoms with Crippen molar-refractivity contribution in [2.24, 2.45) is 0 Å². The smallest absolute Gasteiger partial charge is 0.396 e. The van der Waals surface area contributed by atoms with Crippen molar-refractivity contribution < 1.29 is 36.1 Å². The highest BCUT2D eigenvalue weighted by Crippen LogP contribution is 2.45. The molecule has 1 saturated heterocycles. The molecule has 0 aromatic carbocycles. The third-order valence-electron chi connectivity index (χ3n) is 6.10. The maximum atomic E-state index is 13.4. The van der Waals surface area contributed by atoms with Crippen LogP contribution in [-0.4, -0.2) is 151 Å². The van der Waals surface area contributed by atoms with E-state index in [1.54, 1.807) is 4.90 Å². The van der Waals surface area contributed by atoms with Crippen LogP contribution < -0.4 is 0 Å². The molecule has 0 saturated carbocycles. The summed E-state index contributed by atoms with van der Waals surface area (Å²) in [4.78, 5) is 47.6. The minimum Gasteiger partial charge on any atom is -0.519 e. The van der Waals surface area contributed by atoms with E-state index in [2.05, 4.69) is 54.0 Å². The lowest BCUT2D eigenvalue weighted by molar-refractivity contribution is -0.137. The van der Waals surface area contributed by atoms with Gasteiger partial charge in [-0.25, -0.2) is 4.79 Å². The van der Waals surface area contributed by atoms with E-state index in [4.69, 9.17) is 21.7 Å². The molecule has 12 nitrogen and oxygen atoms in total. The number of rotatable bonds is 13. The van der Waals surface area contributed by atoms with Gasteiger partial charge in [0.05, 0.1) is 19.4 Å². The number of hydrogen-bond donors (Lipinski definition) is 0. The van der Waals surface area contributed by atoms with Gasteiger partial charge in [-0.05, 0) is 98.2 Å². The minimum atomic E-state index is -2.15. The normalized spacial score (nSPS) is 18.0. The van der Waals surface area contributed by atoms with Crippen LogP contribution in [0.3, 0.4) is 0 Å². The largest absolute Gasteiger partial charge is 0.519 e. The summed E-state index contributed by atoms with van der Waals surface area (Å²) in [7, 11) is -11.2. The third kappa shape index (κ3) is 23.5. The molecule has 0 N–H and O–H groups in total. The fourth-order valence-electron chi connectivity index (χ4n) is 4.47. The third-order valence-corrected chi connectivity index (χ3v) is 15.2. The molecular formula is C29H67N4O8PSi5. The summed E-state index contributed by atoms with van der Waals surface area (Å²) in [5.41, 5.74) is 0. The topological polar surface area (TPSA) is 110 Å². The van der Waals surface area contributed by atoms with Gasteiger partial charge in [0.25, 0.3) is 0 Å². The van der Waals surface area contributed by atoms with E-state index in [0.717, 1.165) is 0 Å². The van der Waals surface area contributed by atoms with Crippen LogP contribution in [0, 0.1) is 0 Å². The lowest BCUT2D eigenvalue weighted by Gasteiger charge is -2.37. The maximum Gasteiger partial charge on any atom is 0.396 e. The molecule has 0 bridgehead atoms. The van der Waals surface area contributed by atoms with Gasteiger partial charge in [0.1, 0.15) is 0 Å². The summed E-state index contributed by atoms with van der Waals surface area (Å²) in [6, 6.07) is 0. The Morgan fingerprint density at radius 3 is 1.11 bits per heavy atom. The molecule has 1 amide bonds. The van der Waals surface area contributed by atoms with Gasteiger partial charge in [-0.2, -0.15) is 0 Å². The second-order valence-corrected chi connectivity index (χ2v) is 41.3. The minimum absolute atomic E-state index is 0.148. The zero-order chi connectivity index (χ0) is 36.4. The first kappa shape index (κ1) is 44.5. The molecule has 0 radical (unpaired) electrons. The van der Waals surface area contributed by atoms with Crippen molar-refractivity contribution >= 4 is 68.0 Å². The monoisotopic (exact) mass is 770 g/mol. The van der Waals surface area contributed by atoms with Crippen LogP contribution in [0.1, 0.15) is 0 Å². The van der Waals surface area contributed by atoms with Crippen molar-refractivity contribution in [1.82, 2.24) is 19.6 Å². The van der Waals surface area contributed by atoms with Gasteiger partial charge in [0, 0.05) is 52.4 Å². The van der Waals surface area contributed by atoms with Crippen molar-refractivity contribution in [3.63, 3.8) is 0 Å². The van der Waals surface area contributed by atoms with E-state index < -0.39 is 50.0 Å². The fraction of sp³-hybridized carbons (Fsp3) is 0.897. The van der Waals surface area contributed by atoms with E-state index in [0.29, 0.717) is 58.6 Å². The lowest BCUT2D eigenvalue weighted by atomic mass is 10.3. The van der Waals surface area contributed by atoms with E-state index in [1.165, 1.54) is 0 Å². The van der Waals surface area contributed by atoms with Gasteiger partial charge in [-0.1, -0.05) is 0 Å². The SMILES string of the molecule is C[Si](C)(C)OC(=O)CN1CCN(CP(O[Si](C)(C)C)O[Si](C)(C)C)CCN(CC(=O)O[Si](C)(C)C)CCN(C(=O)O[Si](C)(C)C)CC1. The number of hydrogen-bond acceptors (Lipinski definition) is 11. The van der Waals surface area contributed by atoms with Crippen LogP contribution in [0.25, 0.3) is 0 Å². The molecular weight excluding hydrogens is 704 g/mol. The van der Waals surface area contributed by atoms with Crippen molar-refractivity contribution in [1.29, 1.82) is 0 Å². The predicted molar refractivity (Wildman–Crippen MR) is 205 cm³/mol. The van der Waals surface area contributed by atoms with E-state index in [9.17, 15) is 14.4 Å². The van der Waals surface area contributed by atoms with Crippen LogP contribution in [0.15, 0.2) is 0 Å². The summed E-state index contributed by atoms with van der Waals surface area (Å²) in [5.74, 6) is -0.477. The number of nitrogens with zero attached hydrogens (tertiary/aromatic N) is 4. The van der Waals surface area contributed by atoms with Crippen LogP contribution >= 0.6 is 8.38 Å². The second-order valence-electron chi connectivity index (χ2n) is 17.2. The second kappa shape index (κ2) is 18.7. The standard InChI is InChI=1S/C29H67N4O8PSi5/c1-43(2,3)37-27(34)24-30-16-18-32(26-42(40-46(10,11)12)41-47(13,14)15)19-17-31(25-28(35)38-44(4,5)6)21-23-33(22-20-30)29(36)39-45(7,8)9/h16-26H2,1-15H3. The van der Waals surface area contributed by atoms with Gasteiger partial charge in [0.15, 0.2) is 25.0 Å².